The quantitative estimate of drug-likeness (QED) is 0.242. The van der Waals surface area contributed by atoms with Crippen molar-refractivity contribution in [3.05, 3.63) is 65.7 Å². The number of phenols is 1. The number of anilines is 1. The lowest BCUT2D eigenvalue weighted by Crippen LogP contribution is -2.35. The van der Waals surface area contributed by atoms with Crippen molar-refractivity contribution in [2.75, 3.05) is 4.72 Å². The summed E-state index contributed by atoms with van der Waals surface area (Å²) in [5, 5.41) is 10.9. The third-order valence-corrected chi connectivity index (χ3v) is 6.75. The van der Waals surface area contributed by atoms with Crippen LogP contribution in [0.5, 0.6) is 5.75 Å². The summed E-state index contributed by atoms with van der Waals surface area (Å²) in [6, 6.07) is 12.6. The van der Waals surface area contributed by atoms with Crippen molar-refractivity contribution in [2.45, 2.75) is 50.3 Å². The maximum absolute atomic E-state index is 13.4. The second-order valence-electron chi connectivity index (χ2n) is 8.29. The number of alkyl halides is 3. The van der Waals surface area contributed by atoms with Gasteiger partial charge in [-0.15, -0.1) is 0 Å². The Hall–Kier alpha value is -3.60. The number of benzene rings is 3. The van der Waals surface area contributed by atoms with Crippen LogP contribution in [0.4, 0.5) is 18.9 Å². The highest BCUT2D eigenvalue weighted by molar-refractivity contribution is 7.92. The molecule has 0 bridgehead atoms. The molecule has 3 rings (SSSR count). The highest BCUT2D eigenvalue weighted by Gasteiger charge is 2.49. The van der Waals surface area contributed by atoms with Gasteiger partial charge in [-0.3, -0.25) is 14.3 Å². The van der Waals surface area contributed by atoms with Gasteiger partial charge in [0.1, 0.15) is 5.75 Å². The van der Waals surface area contributed by atoms with Gasteiger partial charge in [-0.1, -0.05) is 43.3 Å². The third kappa shape index (κ3) is 5.62. The maximum atomic E-state index is 13.4. The number of aromatic hydroxyl groups is 1. The first kappa shape index (κ1) is 27.0. The summed E-state index contributed by atoms with van der Waals surface area (Å²) in [5.74, 6) is -7.32. The summed E-state index contributed by atoms with van der Waals surface area (Å²) in [5.41, 5.74) is -0.0699. The molecule has 3 aromatic carbocycles. The molecule has 3 aromatic rings. The summed E-state index contributed by atoms with van der Waals surface area (Å²) in [6.45, 7) is 4.67. The van der Waals surface area contributed by atoms with Gasteiger partial charge in [-0.25, -0.2) is 8.42 Å². The predicted octanol–water partition coefficient (Wildman–Crippen LogP) is 5.08. The predicted molar refractivity (Wildman–Crippen MR) is 127 cm³/mol. The van der Waals surface area contributed by atoms with E-state index in [-0.39, 0.29) is 21.4 Å². The average Bonchev–Trinajstić information content (AvgIpc) is 2.80. The molecule has 0 saturated carbocycles. The Labute approximate surface area is 205 Å². The number of aryl methyl sites for hydroxylation is 1. The minimum atomic E-state index is -5.43. The maximum Gasteiger partial charge on any atom is 0.451 e. The minimum Gasteiger partial charge on any atom is -0.507 e. The molecule has 36 heavy (non-hydrogen) atoms. The molecule has 0 aliphatic heterocycles. The third-order valence-electron chi connectivity index (χ3n) is 5.37. The van der Waals surface area contributed by atoms with Gasteiger partial charge in [-0.05, 0) is 44.0 Å². The highest BCUT2D eigenvalue weighted by atomic mass is 32.2. The molecule has 0 aliphatic rings. The first-order valence-corrected chi connectivity index (χ1v) is 12.4. The van der Waals surface area contributed by atoms with Gasteiger partial charge in [0.2, 0.25) is 0 Å². The molecule has 0 spiro atoms. The van der Waals surface area contributed by atoms with Crippen LogP contribution in [0.2, 0.25) is 0 Å². The van der Waals surface area contributed by atoms with Gasteiger partial charge >= 0.3 is 12.1 Å². The number of esters is 1. The fraction of sp³-hybridized carbons (Fsp3) is 0.280. The van der Waals surface area contributed by atoms with Crippen molar-refractivity contribution >= 4 is 38.2 Å². The van der Waals surface area contributed by atoms with E-state index in [4.69, 9.17) is 4.74 Å². The lowest BCUT2D eigenvalue weighted by atomic mass is 9.90. The van der Waals surface area contributed by atoms with E-state index in [1.807, 2.05) is 6.92 Å². The number of nitrogens with one attached hydrogen (secondary N) is 1. The standard InChI is InChI=1S/C25H24F3NO6S/c1-4-15-9-11-16(12-10-15)36(33,34)29-20-13-19(22(30)18-8-6-5-7-17(18)20)21(23(31)25(26,27)28)24(32)35-14(2)3/h5-14,21,29-30H,4H2,1-3H3/t21-/m0/s1. The lowest BCUT2D eigenvalue weighted by molar-refractivity contribution is -0.178. The number of Topliss-reactive ketones (excluding diaryl/α,β-unsaturated/α-hetero) is 1. The Morgan fingerprint density at radius 3 is 2.14 bits per heavy atom. The van der Waals surface area contributed by atoms with Gasteiger partial charge < -0.3 is 9.84 Å². The highest BCUT2D eigenvalue weighted by Crippen LogP contribution is 2.41. The Morgan fingerprint density at radius 2 is 1.61 bits per heavy atom. The number of fused-ring (bicyclic) bond motifs is 1. The number of halogens is 3. The van der Waals surface area contributed by atoms with E-state index < -0.39 is 51.3 Å². The molecule has 0 heterocycles. The number of carbonyl (C=O) groups excluding carboxylic acids is 2. The lowest BCUT2D eigenvalue weighted by Gasteiger charge is -2.21. The fourth-order valence-corrected chi connectivity index (χ4v) is 4.70. The van der Waals surface area contributed by atoms with E-state index >= 15 is 0 Å². The molecule has 0 radical (unpaired) electrons. The van der Waals surface area contributed by atoms with E-state index in [0.717, 1.165) is 11.6 Å². The van der Waals surface area contributed by atoms with Crippen LogP contribution >= 0.6 is 0 Å². The van der Waals surface area contributed by atoms with Crippen LogP contribution in [0, 0.1) is 0 Å². The van der Waals surface area contributed by atoms with Crippen LogP contribution in [0.3, 0.4) is 0 Å². The van der Waals surface area contributed by atoms with Gasteiger partial charge in [-0.2, -0.15) is 13.2 Å². The zero-order valence-corrected chi connectivity index (χ0v) is 20.4. The summed E-state index contributed by atoms with van der Waals surface area (Å²) in [6.07, 6.45) is -5.60. The molecule has 0 saturated heterocycles. The Bertz CT molecular complexity index is 1400. The number of hydrogen-bond donors (Lipinski definition) is 2. The molecule has 11 heteroatoms. The molecular formula is C25H24F3NO6S. The molecule has 0 fully saturated rings. The van der Waals surface area contributed by atoms with Crippen LogP contribution in [0.1, 0.15) is 37.8 Å². The van der Waals surface area contributed by atoms with Crippen molar-refractivity contribution in [3.8, 4) is 5.75 Å². The first-order chi connectivity index (χ1) is 16.8. The number of hydrogen-bond acceptors (Lipinski definition) is 6. The molecule has 2 N–H and O–H groups in total. The second-order valence-corrected chi connectivity index (χ2v) is 9.97. The first-order valence-electron chi connectivity index (χ1n) is 10.9. The molecule has 0 unspecified atom stereocenters. The normalized spacial score (nSPS) is 13.0. The summed E-state index contributed by atoms with van der Waals surface area (Å²) in [7, 11) is -4.23. The number of carbonyl (C=O) groups is 2. The van der Waals surface area contributed by atoms with Gasteiger partial charge in [0.15, 0.2) is 5.92 Å². The van der Waals surface area contributed by atoms with Crippen LogP contribution in [-0.4, -0.2) is 37.6 Å². The van der Waals surface area contributed by atoms with Crippen LogP contribution in [0.15, 0.2) is 59.5 Å². The van der Waals surface area contributed by atoms with Crippen molar-refractivity contribution in [1.29, 1.82) is 0 Å². The SMILES string of the molecule is CCc1ccc(S(=O)(=O)Nc2cc([C@H](C(=O)OC(C)C)C(=O)C(F)(F)F)c(O)c3ccccc23)cc1. The number of phenolic OH excluding ortho intramolecular Hbond substituents is 1. The molecular weight excluding hydrogens is 499 g/mol. The monoisotopic (exact) mass is 523 g/mol. The zero-order valence-electron chi connectivity index (χ0n) is 19.6. The van der Waals surface area contributed by atoms with Crippen molar-refractivity contribution in [2.24, 2.45) is 0 Å². The minimum absolute atomic E-state index is 0.0636. The van der Waals surface area contributed by atoms with E-state index in [1.165, 1.54) is 50.2 Å². The number of ketones is 1. The molecule has 0 amide bonds. The van der Waals surface area contributed by atoms with E-state index in [1.54, 1.807) is 12.1 Å². The average molecular weight is 524 g/mol. The summed E-state index contributed by atoms with van der Waals surface area (Å²) >= 11 is 0. The Morgan fingerprint density at radius 1 is 1.03 bits per heavy atom. The molecule has 192 valence electrons. The van der Waals surface area contributed by atoms with Crippen LogP contribution < -0.4 is 4.72 Å². The van der Waals surface area contributed by atoms with Gasteiger partial charge in [0.25, 0.3) is 15.8 Å². The van der Waals surface area contributed by atoms with E-state index in [9.17, 15) is 36.3 Å². The van der Waals surface area contributed by atoms with Crippen molar-refractivity contribution in [3.63, 3.8) is 0 Å². The molecule has 7 nitrogen and oxygen atoms in total. The largest absolute Gasteiger partial charge is 0.507 e. The van der Waals surface area contributed by atoms with Crippen LogP contribution in [-0.2, 0) is 30.8 Å². The Balaban J connectivity index is 2.22. The zero-order chi connectivity index (χ0) is 26.8. The number of ether oxygens (including phenoxy) is 1. The number of rotatable bonds is 8. The van der Waals surface area contributed by atoms with Gasteiger partial charge in [0, 0.05) is 16.3 Å². The van der Waals surface area contributed by atoms with Gasteiger partial charge in [0.05, 0.1) is 16.7 Å². The summed E-state index contributed by atoms with van der Waals surface area (Å²) in [4.78, 5) is 24.8. The molecule has 1 atom stereocenters. The second kappa shape index (κ2) is 10.2. The molecule has 0 aromatic heterocycles. The number of sulfonamides is 1. The summed E-state index contributed by atoms with van der Waals surface area (Å²) < 4.78 is 73.6. The Kier molecular flexibility index (Phi) is 7.63. The van der Waals surface area contributed by atoms with Crippen molar-refractivity contribution in [1.82, 2.24) is 0 Å². The molecule has 0 aliphatic carbocycles. The fourth-order valence-electron chi connectivity index (χ4n) is 3.63. The van der Waals surface area contributed by atoms with Crippen molar-refractivity contribution < 1.29 is 41.0 Å². The van der Waals surface area contributed by atoms with E-state index in [2.05, 4.69) is 4.72 Å². The van der Waals surface area contributed by atoms with E-state index in [0.29, 0.717) is 6.42 Å². The smallest absolute Gasteiger partial charge is 0.451 e. The topological polar surface area (TPSA) is 110 Å². The van der Waals surface area contributed by atoms with Crippen LogP contribution in [0.25, 0.3) is 10.8 Å².